The second kappa shape index (κ2) is 7.59. The molecule has 5 heteroatoms. The van der Waals surface area contributed by atoms with E-state index >= 15 is 0 Å². The summed E-state index contributed by atoms with van der Waals surface area (Å²) in [6.07, 6.45) is 9.13. The van der Waals surface area contributed by atoms with Crippen LogP contribution in [0.4, 0.5) is 0 Å². The smallest absolute Gasteiger partial charge is 0.223 e. The van der Waals surface area contributed by atoms with Crippen LogP contribution in [0, 0.1) is 11.8 Å². The van der Waals surface area contributed by atoms with Gasteiger partial charge in [0.1, 0.15) is 0 Å². The van der Waals surface area contributed by atoms with Gasteiger partial charge in [0.25, 0.3) is 0 Å². The van der Waals surface area contributed by atoms with E-state index in [9.17, 15) is 9.59 Å². The molecule has 0 heterocycles. The van der Waals surface area contributed by atoms with Crippen molar-refractivity contribution in [3.05, 3.63) is 12.2 Å². The molecule has 0 spiro atoms. The van der Waals surface area contributed by atoms with E-state index in [2.05, 4.69) is 10.6 Å². The van der Waals surface area contributed by atoms with Gasteiger partial charge in [-0.15, -0.1) is 0 Å². The Labute approximate surface area is 126 Å². The number of aliphatic hydroxyl groups excluding tert-OH is 1. The fourth-order valence-electron chi connectivity index (χ4n) is 3.16. The van der Waals surface area contributed by atoms with Gasteiger partial charge in [-0.25, -0.2) is 0 Å². The Hall–Kier alpha value is -1.36. The lowest BCUT2D eigenvalue weighted by molar-refractivity contribution is -0.126. The molecular formula is C16H26N2O3. The van der Waals surface area contributed by atoms with Crippen LogP contribution in [0.15, 0.2) is 12.2 Å². The minimum Gasteiger partial charge on any atom is -0.396 e. The van der Waals surface area contributed by atoms with Gasteiger partial charge in [-0.3, -0.25) is 9.59 Å². The van der Waals surface area contributed by atoms with Crippen LogP contribution in [0.2, 0.25) is 0 Å². The summed E-state index contributed by atoms with van der Waals surface area (Å²) < 4.78 is 0. The lowest BCUT2D eigenvalue weighted by Crippen LogP contribution is -2.41. The van der Waals surface area contributed by atoms with E-state index in [0.717, 1.165) is 32.1 Å². The molecule has 2 aliphatic rings. The third kappa shape index (κ3) is 4.84. The van der Waals surface area contributed by atoms with Crippen LogP contribution in [0.3, 0.4) is 0 Å². The van der Waals surface area contributed by atoms with Gasteiger partial charge in [0.15, 0.2) is 0 Å². The third-order valence-corrected chi connectivity index (χ3v) is 4.36. The molecule has 1 saturated carbocycles. The van der Waals surface area contributed by atoms with E-state index in [-0.39, 0.29) is 42.3 Å². The second-order valence-electron chi connectivity index (χ2n) is 6.33. The van der Waals surface area contributed by atoms with Crippen molar-refractivity contribution in [1.82, 2.24) is 10.6 Å². The van der Waals surface area contributed by atoms with Crippen molar-refractivity contribution in [2.45, 2.75) is 57.5 Å². The highest BCUT2D eigenvalue weighted by molar-refractivity contribution is 5.81. The highest BCUT2D eigenvalue weighted by Crippen LogP contribution is 2.24. The van der Waals surface area contributed by atoms with E-state index in [0.29, 0.717) is 6.42 Å². The Kier molecular flexibility index (Phi) is 5.79. The van der Waals surface area contributed by atoms with Crippen molar-refractivity contribution in [3.63, 3.8) is 0 Å². The summed E-state index contributed by atoms with van der Waals surface area (Å²) in [5.74, 6) is 0.324. The average Bonchev–Trinajstić information content (AvgIpc) is 3.08. The minimum absolute atomic E-state index is 0.00684. The van der Waals surface area contributed by atoms with Crippen molar-refractivity contribution in [1.29, 1.82) is 0 Å². The molecule has 0 radical (unpaired) electrons. The van der Waals surface area contributed by atoms with Gasteiger partial charge in [-0.05, 0) is 26.2 Å². The molecule has 0 aromatic rings. The molecule has 0 aliphatic heterocycles. The van der Waals surface area contributed by atoms with Crippen LogP contribution in [-0.4, -0.2) is 35.6 Å². The third-order valence-electron chi connectivity index (χ3n) is 4.36. The fourth-order valence-corrected chi connectivity index (χ4v) is 3.16. The van der Waals surface area contributed by atoms with Crippen LogP contribution in [0.1, 0.15) is 45.4 Å². The first-order valence-corrected chi connectivity index (χ1v) is 7.97. The number of amides is 2. The molecule has 2 amide bonds. The number of hydrogen-bond acceptors (Lipinski definition) is 3. The molecule has 0 aromatic carbocycles. The summed E-state index contributed by atoms with van der Waals surface area (Å²) in [6, 6.07) is -0.135. The van der Waals surface area contributed by atoms with Gasteiger partial charge >= 0.3 is 0 Å². The van der Waals surface area contributed by atoms with E-state index in [4.69, 9.17) is 5.11 Å². The van der Waals surface area contributed by atoms with E-state index in [1.54, 1.807) is 0 Å². The van der Waals surface area contributed by atoms with Crippen molar-refractivity contribution < 1.29 is 14.7 Å². The molecule has 1 unspecified atom stereocenters. The molecule has 2 rings (SSSR count). The fraction of sp³-hybridized carbons (Fsp3) is 0.750. The Bertz CT molecular complexity index is 402. The van der Waals surface area contributed by atoms with Crippen molar-refractivity contribution in [2.24, 2.45) is 11.8 Å². The maximum atomic E-state index is 12.0. The van der Waals surface area contributed by atoms with Crippen molar-refractivity contribution >= 4 is 11.8 Å². The summed E-state index contributed by atoms with van der Waals surface area (Å²) in [5, 5.41) is 14.9. The van der Waals surface area contributed by atoms with Gasteiger partial charge in [-0.2, -0.15) is 0 Å². The molecule has 0 aromatic heterocycles. The number of nitrogens with one attached hydrogen (secondary N) is 2. The second-order valence-corrected chi connectivity index (χ2v) is 6.33. The lowest BCUT2D eigenvalue weighted by atomic mass is 10.1. The Morgan fingerprint density at radius 3 is 2.62 bits per heavy atom. The van der Waals surface area contributed by atoms with E-state index < -0.39 is 0 Å². The van der Waals surface area contributed by atoms with Crippen LogP contribution in [0.5, 0.6) is 0 Å². The number of rotatable bonds is 6. The molecule has 0 bridgehead atoms. The first-order valence-electron chi connectivity index (χ1n) is 7.97. The first-order chi connectivity index (χ1) is 10.1. The standard InChI is InChI=1S/C16H26N2O3/c1-11(17-16(21)13-4-2-3-5-13)8-15(20)18-14-7-6-12(9-14)10-19/h6-7,11-14,19H,2-5,8-10H2,1H3,(H,17,21)(H,18,20)/t11?,12-,14+/m0/s1. The van der Waals surface area contributed by atoms with E-state index in [1.165, 1.54) is 0 Å². The maximum absolute atomic E-state index is 12.0. The highest BCUT2D eigenvalue weighted by atomic mass is 16.3. The lowest BCUT2D eigenvalue weighted by Gasteiger charge is -2.18. The van der Waals surface area contributed by atoms with Gasteiger partial charge in [0.2, 0.25) is 11.8 Å². The topological polar surface area (TPSA) is 78.4 Å². The largest absolute Gasteiger partial charge is 0.396 e. The average molecular weight is 294 g/mol. The maximum Gasteiger partial charge on any atom is 0.223 e. The molecule has 5 nitrogen and oxygen atoms in total. The quantitative estimate of drug-likeness (QED) is 0.642. The normalized spacial score (nSPS) is 26.8. The molecule has 21 heavy (non-hydrogen) atoms. The van der Waals surface area contributed by atoms with Crippen LogP contribution >= 0.6 is 0 Å². The Morgan fingerprint density at radius 2 is 2.00 bits per heavy atom. The van der Waals surface area contributed by atoms with Gasteiger partial charge < -0.3 is 15.7 Å². The zero-order chi connectivity index (χ0) is 15.2. The summed E-state index contributed by atoms with van der Waals surface area (Å²) in [7, 11) is 0. The van der Waals surface area contributed by atoms with Crippen LogP contribution in [-0.2, 0) is 9.59 Å². The molecule has 118 valence electrons. The van der Waals surface area contributed by atoms with Gasteiger partial charge in [0.05, 0.1) is 0 Å². The summed E-state index contributed by atoms with van der Waals surface area (Å²) >= 11 is 0. The predicted molar refractivity (Wildman–Crippen MR) is 80.4 cm³/mol. The van der Waals surface area contributed by atoms with Gasteiger partial charge in [0, 0.05) is 36.9 Å². The number of hydrogen-bond donors (Lipinski definition) is 3. The molecule has 0 saturated heterocycles. The van der Waals surface area contributed by atoms with Crippen molar-refractivity contribution in [3.8, 4) is 0 Å². The zero-order valence-corrected chi connectivity index (χ0v) is 12.7. The zero-order valence-electron chi connectivity index (χ0n) is 12.7. The Morgan fingerprint density at radius 1 is 1.29 bits per heavy atom. The van der Waals surface area contributed by atoms with Crippen LogP contribution in [0.25, 0.3) is 0 Å². The summed E-state index contributed by atoms with van der Waals surface area (Å²) in [6.45, 7) is 1.99. The molecule has 3 atom stereocenters. The molecule has 3 N–H and O–H groups in total. The number of carbonyl (C=O) groups is 2. The van der Waals surface area contributed by atoms with Crippen LogP contribution < -0.4 is 10.6 Å². The summed E-state index contributed by atoms with van der Waals surface area (Å²) in [4.78, 5) is 23.9. The molecular weight excluding hydrogens is 268 g/mol. The predicted octanol–water partition coefficient (Wildman–Crippen LogP) is 1.12. The SMILES string of the molecule is CC(CC(=O)N[C@@H]1C=C[C@H](CO)C1)NC(=O)C1CCCC1. The Balaban J connectivity index is 1.67. The monoisotopic (exact) mass is 294 g/mol. The highest BCUT2D eigenvalue weighted by Gasteiger charge is 2.25. The minimum atomic E-state index is -0.142. The molecule has 1 fully saturated rings. The van der Waals surface area contributed by atoms with E-state index in [1.807, 2.05) is 19.1 Å². The summed E-state index contributed by atoms with van der Waals surface area (Å²) in [5.41, 5.74) is 0. The molecule has 2 aliphatic carbocycles. The van der Waals surface area contributed by atoms with Gasteiger partial charge in [-0.1, -0.05) is 25.0 Å². The number of aliphatic hydroxyl groups is 1. The number of carbonyl (C=O) groups excluding carboxylic acids is 2. The van der Waals surface area contributed by atoms with Crippen molar-refractivity contribution in [2.75, 3.05) is 6.61 Å². The first kappa shape index (κ1) is 16.0.